The number of hydrogen-bond acceptors (Lipinski definition) is 8. The van der Waals surface area contributed by atoms with Gasteiger partial charge in [-0.05, 0) is 42.9 Å². The van der Waals surface area contributed by atoms with Crippen LogP contribution in [0, 0.1) is 10.1 Å². The fraction of sp³-hybridized carbons (Fsp3) is 0.684. The van der Waals surface area contributed by atoms with Crippen LogP contribution in [0.25, 0.3) is 0 Å². The van der Waals surface area contributed by atoms with Crippen molar-refractivity contribution >= 4 is 27.1 Å². The van der Waals surface area contributed by atoms with Gasteiger partial charge in [-0.15, -0.1) is 0 Å². The van der Waals surface area contributed by atoms with Crippen molar-refractivity contribution in [3.8, 4) is 11.5 Å². The van der Waals surface area contributed by atoms with E-state index in [4.69, 9.17) is 9.47 Å². The number of morpholine rings is 1. The number of rotatable bonds is 22. The largest absolute Gasteiger partial charge is 0.506 e. The minimum atomic E-state index is -4.31. The van der Waals surface area contributed by atoms with Gasteiger partial charge in [-0.2, -0.15) is 0 Å². The molecule has 1 aliphatic carbocycles. The molecule has 1 heterocycles. The summed E-state index contributed by atoms with van der Waals surface area (Å²) in [5.41, 5.74) is 0.982. The minimum absolute atomic E-state index is 0.0452. The number of nitrogens with zero attached hydrogens (tertiary/aromatic N) is 2. The molecule has 274 valence electrons. The van der Waals surface area contributed by atoms with Crippen molar-refractivity contribution in [1.82, 2.24) is 0 Å². The number of anilines is 2. The van der Waals surface area contributed by atoms with Crippen molar-refractivity contribution in [2.24, 2.45) is 0 Å². The van der Waals surface area contributed by atoms with E-state index in [1.807, 2.05) is 4.90 Å². The molecule has 11 heteroatoms. The summed E-state index contributed by atoms with van der Waals surface area (Å²) in [4.78, 5) is 12.6. The average Bonchev–Trinajstić information content (AvgIpc) is 3.11. The van der Waals surface area contributed by atoms with Gasteiger partial charge in [-0.1, -0.05) is 110 Å². The molecule has 0 unspecified atom stereocenters. The number of non-ortho nitro benzene ring substituents is 1. The molecule has 0 bridgehead atoms. The Labute approximate surface area is 294 Å². The van der Waals surface area contributed by atoms with Gasteiger partial charge in [0.15, 0.2) is 0 Å². The second kappa shape index (κ2) is 20.6. The highest BCUT2D eigenvalue weighted by atomic mass is 32.2. The first kappa shape index (κ1) is 38.7. The zero-order valence-electron chi connectivity index (χ0n) is 29.6. The normalized spacial score (nSPS) is 15.7. The Balaban J connectivity index is 1.35. The van der Waals surface area contributed by atoms with Crippen molar-refractivity contribution in [3.63, 3.8) is 0 Å². The summed E-state index contributed by atoms with van der Waals surface area (Å²) in [5, 5.41) is 22.7. The molecule has 10 nitrogen and oxygen atoms in total. The first-order valence-electron chi connectivity index (χ1n) is 18.9. The summed E-state index contributed by atoms with van der Waals surface area (Å²) in [6.07, 6.45) is 23.3. The SMILES string of the molecule is CCCCCCCCCCCCCCCCOc1cc(O)c(NS(=O)(=O)c2cc([N+](=O)[O-])ccc2N2CCOCC2)cc1C1CCCCC1. The molecule has 0 amide bonds. The molecule has 4 rings (SSSR count). The van der Waals surface area contributed by atoms with Gasteiger partial charge in [-0.25, -0.2) is 8.42 Å². The summed E-state index contributed by atoms with van der Waals surface area (Å²) < 4.78 is 42.0. The second-order valence-corrected chi connectivity index (χ2v) is 15.5. The van der Waals surface area contributed by atoms with Gasteiger partial charge < -0.3 is 19.5 Å². The maximum Gasteiger partial charge on any atom is 0.270 e. The van der Waals surface area contributed by atoms with Gasteiger partial charge in [0, 0.05) is 31.3 Å². The Morgan fingerprint density at radius 1 is 0.878 bits per heavy atom. The molecule has 2 aliphatic rings. The number of aromatic hydroxyl groups is 1. The smallest absolute Gasteiger partial charge is 0.270 e. The Bertz CT molecular complexity index is 1410. The molecule has 2 aromatic rings. The number of hydrogen-bond donors (Lipinski definition) is 2. The van der Waals surface area contributed by atoms with Gasteiger partial charge in [0.05, 0.1) is 36.1 Å². The van der Waals surface area contributed by atoms with E-state index in [0.717, 1.165) is 50.2 Å². The van der Waals surface area contributed by atoms with Gasteiger partial charge >= 0.3 is 0 Å². The molecule has 1 saturated heterocycles. The topological polar surface area (TPSA) is 131 Å². The lowest BCUT2D eigenvalue weighted by molar-refractivity contribution is -0.385. The quantitative estimate of drug-likeness (QED) is 0.0537. The van der Waals surface area contributed by atoms with Crippen LogP contribution in [0.3, 0.4) is 0 Å². The van der Waals surface area contributed by atoms with Crippen LogP contribution in [0.15, 0.2) is 35.2 Å². The molecular weight excluding hydrogens is 642 g/mol. The summed E-state index contributed by atoms with van der Waals surface area (Å²) in [5.74, 6) is 0.564. The standard InChI is InChI=1S/C38H59N3O7S/c1-2-3-4-5-6-7-8-9-10-11-12-13-14-18-25-48-37-30-36(42)34(29-33(37)31-19-16-15-17-20-31)39-49(45,46)38-28-32(41(43)44)21-22-35(38)40-23-26-47-27-24-40/h21-22,28-31,39,42H,2-20,23-27H2,1H3. The van der Waals surface area contributed by atoms with Gasteiger partial charge in [-0.3, -0.25) is 14.8 Å². The highest BCUT2D eigenvalue weighted by Gasteiger charge is 2.29. The zero-order valence-corrected chi connectivity index (χ0v) is 30.5. The number of nitro groups is 1. The van der Waals surface area contributed by atoms with Crippen LogP contribution in [-0.2, 0) is 14.8 Å². The zero-order chi connectivity index (χ0) is 34.9. The molecule has 1 saturated carbocycles. The fourth-order valence-corrected chi connectivity index (χ4v) is 8.41. The lowest BCUT2D eigenvalue weighted by Gasteiger charge is -2.30. The summed E-state index contributed by atoms with van der Waals surface area (Å²) in [6, 6.07) is 7.10. The third kappa shape index (κ3) is 12.3. The van der Waals surface area contributed by atoms with Crippen molar-refractivity contribution in [2.75, 3.05) is 42.5 Å². The van der Waals surface area contributed by atoms with E-state index >= 15 is 0 Å². The number of phenolic OH excluding ortho intramolecular Hbond substituents is 1. The highest BCUT2D eigenvalue weighted by molar-refractivity contribution is 7.93. The minimum Gasteiger partial charge on any atom is -0.506 e. The molecule has 0 atom stereocenters. The first-order chi connectivity index (χ1) is 23.8. The monoisotopic (exact) mass is 701 g/mol. The van der Waals surface area contributed by atoms with Crippen LogP contribution < -0.4 is 14.4 Å². The lowest BCUT2D eigenvalue weighted by Crippen LogP contribution is -2.37. The predicted molar refractivity (Wildman–Crippen MR) is 197 cm³/mol. The fourth-order valence-electron chi connectivity index (χ4n) is 7.10. The number of nitro benzene ring substituents is 1. The summed E-state index contributed by atoms with van der Waals surface area (Å²) >= 11 is 0. The number of ether oxygens (including phenoxy) is 2. The Morgan fingerprint density at radius 2 is 1.47 bits per heavy atom. The maximum atomic E-state index is 13.9. The first-order valence-corrected chi connectivity index (χ1v) is 20.4. The van der Waals surface area contributed by atoms with Crippen molar-refractivity contribution in [1.29, 1.82) is 0 Å². The summed E-state index contributed by atoms with van der Waals surface area (Å²) in [7, 11) is -4.31. The molecular formula is C38H59N3O7S. The van der Waals surface area contributed by atoms with Crippen LogP contribution in [0.4, 0.5) is 17.1 Å². The van der Waals surface area contributed by atoms with Crippen molar-refractivity contribution < 1.29 is 27.9 Å². The maximum absolute atomic E-state index is 13.9. The van der Waals surface area contributed by atoms with E-state index in [0.29, 0.717) is 44.3 Å². The Hall–Kier alpha value is -3.05. The van der Waals surface area contributed by atoms with Crippen LogP contribution in [0.2, 0.25) is 0 Å². The number of nitrogens with one attached hydrogen (secondary N) is 1. The molecule has 0 aromatic heterocycles. The van der Waals surface area contributed by atoms with E-state index in [-0.39, 0.29) is 27.9 Å². The Kier molecular flexibility index (Phi) is 16.3. The average molecular weight is 702 g/mol. The van der Waals surface area contributed by atoms with Crippen LogP contribution in [0.1, 0.15) is 140 Å². The van der Waals surface area contributed by atoms with Crippen LogP contribution in [-0.4, -0.2) is 51.4 Å². The molecule has 2 N–H and O–H groups in total. The van der Waals surface area contributed by atoms with Gasteiger partial charge in [0.25, 0.3) is 15.7 Å². The lowest BCUT2D eigenvalue weighted by atomic mass is 9.83. The van der Waals surface area contributed by atoms with Crippen molar-refractivity contribution in [2.45, 2.75) is 140 Å². The molecule has 2 aromatic carbocycles. The van der Waals surface area contributed by atoms with Gasteiger partial charge in [0.1, 0.15) is 16.4 Å². The van der Waals surface area contributed by atoms with Crippen LogP contribution in [0.5, 0.6) is 11.5 Å². The number of benzene rings is 2. The third-order valence-corrected chi connectivity index (χ3v) is 11.4. The molecule has 49 heavy (non-hydrogen) atoms. The van der Waals surface area contributed by atoms with E-state index in [9.17, 15) is 23.6 Å². The number of unbranched alkanes of at least 4 members (excludes halogenated alkanes) is 13. The van der Waals surface area contributed by atoms with E-state index in [2.05, 4.69) is 11.6 Å². The van der Waals surface area contributed by atoms with Crippen LogP contribution >= 0.6 is 0 Å². The predicted octanol–water partition coefficient (Wildman–Crippen LogP) is 9.85. The molecule has 2 fully saturated rings. The van der Waals surface area contributed by atoms with E-state index in [1.165, 1.54) is 102 Å². The van der Waals surface area contributed by atoms with Crippen molar-refractivity contribution in [3.05, 3.63) is 46.0 Å². The molecule has 1 aliphatic heterocycles. The Morgan fingerprint density at radius 3 is 2.06 bits per heavy atom. The summed E-state index contributed by atoms with van der Waals surface area (Å²) in [6.45, 7) is 4.58. The number of phenols is 1. The van der Waals surface area contributed by atoms with E-state index < -0.39 is 14.9 Å². The third-order valence-electron chi connectivity index (χ3n) is 9.97. The molecule has 0 radical (unpaired) electrons. The number of sulfonamides is 1. The second-order valence-electron chi connectivity index (χ2n) is 13.8. The highest BCUT2D eigenvalue weighted by Crippen LogP contribution is 2.43. The van der Waals surface area contributed by atoms with Gasteiger partial charge in [0.2, 0.25) is 0 Å². The van der Waals surface area contributed by atoms with E-state index in [1.54, 1.807) is 6.07 Å². The molecule has 0 spiro atoms.